The first-order chi connectivity index (χ1) is 8.81. The summed E-state index contributed by atoms with van der Waals surface area (Å²) in [6.07, 6.45) is 0.119. The Morgan fingerprint density at radius 2 is 2.11 bits per heavy atom. The van der Waals surface area contributed by atoms with Crippen molar-refractivity contribution in [3.8, 4) is 0 Å². The molecule has 0 fully saturated rings. The molecule has 1 aromatic rings. The Morgan fingerprint density at radius 3 is 2.68 bits per heavy atom. The van der Waals surface area contributed by atoms with E-state index in [0.717, 1.165) is 12.1 Å². The van der Waals surface area contributed by atoms with Gasteiger partial charge in [0.2, 0.25) is 0 Å². The van der Waals surface area contributed by atoms with Crippen molar-refractivity contribution in [3.05, 3.63) is 28.8 Å². The third-order valence-electron chi connectivity index (χ3n) is 1.83. The quantitative estimate of drug-likeness (QED) is 0.656. The van der Waals surface area contributed by atoms with E-state index in [0.29, 0.717) is 22.6 Å². The molecule has 0 saturated heterocycles. The maximum absolute atomic E-state index is 11.4. The number of nitrogens with one attached hydrogen (secondary N) is 2. The van der Waals surface area contributed by atoms with E-state index in [1.807, 2.05) is 0 Å². The molecule has 0 atom stereocenters. The van der Waals surface area contributed by atoms with Crippen LogP contribution in [0.1, 0.15) is 31.1 Å². The summed E-state index contributed by atoms with van der Waals surface area (Å²) >= 11 is 6.74. The minimum absolute atomic E-state index is 0.379. The lowest BCUT2D eigenvalue weighted by Gasteiger charge is -2.19. The average molecular weight is 303 g/mol. The molecule has 0 unspecified atom stereocenters. The first-order valence-electron chi connectivity index (χ1n) is 5.47. The first kappa shape index (κ1) is 15.7. The van der Waals surface area contributed by atoms with Crippen LogP contribution in [0.2, 0.25) is 5.02 Å². The third kappa shape index (κ3) is 5.85. The Balaban J connectivity index is 2.45. The van der Waals surface area contributed by atoms with Gasteiger partial charge in [0.1, 0.15) is 5.60 Å². The van der Waals surface area contributed by atoms with Crippen LogP contribution in [0.4, 0.5) is 10.5 Å². The van der Waals surface area contributed by atoms with E-state index < -0.39 is 11.7 Å². The van der Waals surface area contributed by atoms with Gasteiger partial charge in [0.25, 0.3) is 0 Å². The summed E-state index contributed by atoms with van der Waals surface area (Å²) in [5.74, 6) is 0. The molecule has 19 heavy (non-hydrogen) atoms. The largest absolute Gasteiger partial charge is 0.443 e. The molecule has 1 aromatic carbocycles. The lowest BCUT2D eigenvalue weighted by atomic mass is 10.2. The number of ether oxygens (including phenoxy) is 1. The molecule has 2 N–H and O–H groups in total. The summed E-state index contributed by atoms with van der Waals surface area (Å²) in [5, 5.41) is 0.380. The molecular weight excluding hydrogens is 288 g/mol. The van der Waals surface area contributed by atoms with E-state index in [1.165, 1.54) is 0 Å². The molecule has 7 heteroatoms. The van der Waals surface area contributed by atoms with Crippen LogP contribution in [0.5, 0.6) is 0 Å². The maximum atomic E-state index is 11.4. The van der Waals surface area contributed by atoms with Gasteiger partial charge in [-0.2, -0.15) is 0 Å². The van der Waals surface area contributed by atoms with Crippen molar-refractivity contribution >= 4 is 41.8 Å². The van der Waals surface area contributed by atoms with Gasteiger partial charge in [-0.3, -0.25) is 4.79 Å². The number of rotatable bonds is 4. The fourth-order valence-corrected chi connectivity index (χ4v) is 1.71. The zero-order valence-electron chi connectivity index (χ0n) is 10.8. The molecule has 0 radical (unpaired) electrons. The lowest BCUT2D eigenvalue weighted by Crippen LogP contribution is -2.29. The SMILES string of the molecule is CC(C)(C)OC(=O)NSNc1ccc(Cl)c(C=O)c1. The highest BCUT2D eigenvalue weighted by Crippen LogP contribution is 2.20. The molecule has 0 spiro atoms. The van der Waals surface area contributed by atoms with E-state index in [9.17, 15) is 9.59 Å². The number of amides is 1. The van der Waals surface area contributed by atoms with Gasteiger partial charge in [0.05, 0.1) is 17.2 Å². The fourth-order valence-electron chi connectivity index (χ4n) is 1.12. The first-order valence-corrected chi connectivity index (χ1v) is 6.67. The van der Waals surface area contributed by atoms with Gasteiger partial charge in [-0.15, -0.1) is 0 Å². The number of hydrogen-bond donors (Lipinski definition) is 2. The highest BCUT2D eigenvalue weighted by Gasteiger charge is 2.15. The molecule has 1 rings (SSSR count). The minimum Gasteiger partial charge on any atom is -0.443 e. The van der Waals surface area contributed by atoms with Gasteiger partial charge < -0.3 is 9.46 Å². The smallest absolute Gasteiger partial charge is 0.419 e. The highest BCUT2D eigenvalue weighted by atomic mass is 35.5. The van der Waals surface area contributed by atoms with E-state index in [1.54, 1.807) is 39.0 Å². The van der Waals surface area contributed by atoms with Crippen LogP contribution in [-0.2, 0) is 4.74 Å². The fraction of sp³-hybridized carbons (Fsp3) is 0.333. The molecule has 0 aliphatic carbocycles. The summed E-state index contributed by atoms with van der Waals surface area (Å²) in [5.41, 5.74) is 0.479. The molecule has 1 amide bonds. The second kappa shape index (κ2) is 6.68. The number of anilines is 1. The summed E-state index contributed by atoms with van der Waals surface area (Å²) in [6.45, 7) is 5.33. The Hall–Kier alpha value is -1.40. The Kier molecular flexibility index (Phi) is 5.50. The second-order valence-corrected chi connectivity index (χ2v) is 5.68. The van der Waals surface area contributed by atoms with Crippen LogP contribution >= 0.6 is 23.7 Å². The summed E-state index contributed by atoms with van der Waals surface area (Å²) in [6, 6.07) is 4.87. The summed E-state index contributed by atoms with van der Waals surface area (Å²) in [7, 11) is 0. The van der Waals surface area contributed by atoms with Crippen LogP contribution in [0.25, 0.3) is 0 Å². The van der Waals surface area contributed by atoms with Crippen molar-refractivity contribution in [1.82, 2.24) is 4.72 Å². The second-order valence-electron chi connectivity index (χ2n) is 4.66. The molecule has 104 valence electrons. The van der Waals surface area contributed by atoms with E-state index in [-0.39, 0.29) is 0 Å². The topological polar surface area (TPSA) is 67.4 Å². The van der Waals surface area contributed by atoms with Gasteiger partial charge >= 0.3 is 6.09 Å². The summed E-state index contributed by atoms with van der Waals surface area (Å²) < 4.78 is 10.4. The number of carbonyl (C=O) groups is 2. The molecule has 0 heterocycles. The number of halogens is 1. The van der Waals surface area contributed by atoms with Crippen molar-refractivity contribution in [2.45, 2.75) is 26.4 Å². The third-order valence-corrected chi connectivity index (χ3v) is 2.78. The van der Waals surface area contributed by atoms with Gasteiger partial charge in [0, 0.05) is 11.3 Å². The van der Waals surface area contributed by atoms with E-state index in [4.69, 9.17) is 16.3 Å². The van der Waals surface area contributed by atoms with Gasteiger partial charge in [-0.05, 0) is 39.0 Å². The molecule has 0 aliphatic rings. The standard InChI is InChI=1S/C12H15ClN2O3S/c1-12(2,3)18-11(17)15-19-14-9-4-5-10(13)8(6-9)7-16/h4-7,14H,1-3H3,(H,15,17). The van der Waals surface area contributed by atoms with Crippen LogP contribution in [-0.4, -0.2) is 18.0 Å². The molecule has 5 nitrogen and oxygen atoms in total. The Labute approximate surface area is 121 Å². The molecule has 0 saturated carbocycles. The normalized spacial score (nSPS) is 10.7. The van der Waals surface area contributed by atoms with Crippen molar-refractivity contribution in [2.75, 3.05) is 4.72 Å². The number of benzene rings is 1. The van der Waals surface area contributed by atoms with Crippen LogP contribution < -0.4 is 9.44 Å². The van der Waals surface area contributed by atoms with Crippen molar-refractivity contribution in [1.29, 1.82) is 0 Å². The maximum Gasteiger partial charge on any atom is 0.419 e. The van der Waals surface area contributed by atoms with E-state index in [2.05, 4.69) is 9.44 Å². The zero-order valence-corrected chi connectivity index (χ0v) is 12.4. The molecule has 0 aliphatic heterocycles. The van der Waals surface area contributed by atoms with Crippen LogP contribution in [0, 0.1) is 0 Å². The lowest BCUT2D eigenvalue weighted by molar-refractivity contribution is 0.0574. The minimum atomic E-state index is -0.547. The van der Waals surface area contributed by atoms with E-state index >= 15 is 0 Å². The molecular formula is C12H15ClN2O3S. The number of hydrogen-bond acceptors (Lipinski definition) is 5. The Bertz CT molecular complexity index is 475. The van der Waals surface area contributed by atoms with Gasteiger partial charge in [-0.25, -0.2) is 9.52 Å². The summed E-state index contributed by atoms with van der Waals surface area (Å²) in [4.78, 5) is 22.1. The monoisotopic (exact) mass is 302 g/mol. The highest BCUT2D eigenvalue weighted by molar-refractivity contribution is 7.99. The number of carbonyl (C=O) groups excluding carboxylic acids is 2. The van der Waals surface area contributed by atoms with Gasteiger partial charge in [0.15, 0.2) is 6.29 Å². The predicted octanol–water partition coefficient (Wildman–Crippen LogP) is 3.65. The van der Waals surface area contributed by atoms with Crippen LogP contribution in [0.15, 0.2) is 18.2 Å². The van der Waals surface area contributed by atoms with Crippen molar-refractivity contribution < 1.29 is 14.3 Å². The zero-order chi connectivity index (χ0) is 14.5. The average Bonchev–Trinajstić information content (AvgIpc) is 2.29. The van der Waals surface area contributed by atoms with Crippen molar-refractivity contribution in [3.63, 3.8) is 0 Å². The van der Waals surface area contributed by atoms with Crippen LogP contribution in [0.3, 0.4) is 0 Å². The Morgan fingerprint density at radius 1 is 1.42 bits per heavy atom. The van der Waals surface area contributed by atoms with Gasteiger partial charge in [-0.1, -0.05) is 11.6 Å². The molecule has 0 aromatic heterocycles. The molecule has 0 bridgehead atoms. The predicted molar refractivity (Wildman–Crippen MR) is 77.4 cm³/mol. The van der Waals surface area contributed by atoms with Crippen molar-refractivity contribution in [2.24, 2.45) is 0 Å². The number of aldehydes is 1.